The molecule has 1 unspecified atom stereocenters. The zero-order chi connectivity index (χ0) is 41.8. The molecular formula is C54H50N4OPt-2. The van der Waals surface area contributed by atoms with Crippen LogP contribution in [-0.4, -0.2) is 20.2 Å². The molecule has 1 atom stereocenters. The van der Waals surface area contributed by atoms with Crippen molar-refractivity contribution in [1.82, 2.24) is 14.1 Å². The number of aryl methyl sites for hydroxylation is 1. The first kappa shape index (κ1) is 39.7. The molecule has 60 heavy (non-hydrogen) atoms. The zero-order valence-corrected chi connectivity index (χ0v) is 37.6. The Hall–Kier alpha value is -5.77. The van der Waals surface area contributed by atoms with Crippen molar-refractivity contribution in [3.8, 4) is 45.1 Å². The van der Waals surface area contributed by atoms with Crippen molar-refractivity contribution in [2.75, 3.05) is 4.90 Å². The second-order valence-electron chi connectivity index (χ2n) is 17.9. The number of fused-ring (bicyclic) bond motifs is 2. The Morgan fingerprint density at radius 1 is 0.633 bits per heavy atom. The van der Waals surface area contributed by atoms with Gasteiger partial charge in [-0.15, -0.1) is 0 Å². The Kier molecular flexibility index (Phi) is 10.4. The van der Waals surface area contributed by atoms with Crippen LogP contribution in [0.2, 0.25) is 0 Å². The van der Waals surface area contributed by atoms with Crippen LogP contribution in [0.5, 0.6) is 11.5 Å². The minimum absolute atomic E-state index is 0.0164. The molecule has 0 fully saturated rings. The molecular weight excluding hydrogens is 916 g/mol. The Labute approximate surface area is 365 Å². The van der Waals surface area contributed by atoms with Gasteiger partial charge in [0.25, 0.3) is 0 Å². The quantitative estimate of drug-likeness (QED) is 0.149. The predicted molar refractivity (Wildman–Crippen MR) is 242 cm³/mol. The van der Waals surface area contributed by atoms with Gasteiger partial charge in [0.05, 0.1) is 0 Å². The van der Waals surface area contributed by atoms with Crippen LogP contribution < -0.4 is 9.64 Å². The molecule has 1 aliphatic heterocycles. The molecule has 0 saturated carbocycles. The third-order valence-corrected chi connectivity index (χ3v) is 12.7. The number of pyridine rings is 1. The maximum atomic E-state index is 6.67. The number of benzene rings is 6. The monoisotopic (exact) mass is 965 g/mol. The second kappa shape index (κ2) is 15.7. The van der Waals surface area contributed by atoms with Gasteiger partial charge in [-0.2, -0.15) is 0 Å². The van der Waals surface area contributed by atoms with Gasteiger partial charge in [0.15, 0.2) is 0 Å². The van der Waals surface area contributed by atoms with Gasteiger partial charge in [-0.3, -0.25) is 0 Å². The molecule has 0 radical (unpaired) electrons. The SMILES string of the molecule is CC1CCc2ccc(Oc3[c-]c(-n4[c](=[Pt])n(-c5c(-c6ccccc6)cc(C(C)(C)C)cc5-c5ccccc5)c5ccccc54)ccc3)[c-]c2N1c1cc(C(C)(C)C)ccn1. The summed E-state index contributed by atoms with van der Waals surface area (Å²) in [4.78, 5) is 7.18. The predicted octanol–water partition coefficient (Wildman–Crippen LogP) is 13.7. The van der Waals surface area contributed by atoms with Crippen molar-refractivity contribution in [1.29, 1.82) is 0 Å². The summed E-state index contributed by atoms with van der Waals surface area (Å²) in [7, 11) is 0. The Balaban J connectivity index is 1.17. The standard InChI is InChI=1S/C54H50N4O.Pt/c1-37-25-26-40-27-28-45(35-50(40)58(37)51-33-41(29-30-55-51)53(2,3)4)59-44-22-16-21-43(34-44)56-36-57(49-24-15-14-23-48(49)56)52-46(38-17-10-8-11-18-38)31-42(54(5,6)7)32-47(52)39-19-12-9-13-20-39;/h8-24,27-33,37H,25-26H2,1-7H3;/q-2;. The number of hydrogen-bond donors (Lipinski definition) is 0. The van der Waals surface area contributed by atoms with E-state index in [0.29, 0.717) is 11.5 Å². The topological polar surface area (TPSA) is 35.2 Å². The van der Waals surface area contributed by atoms with E-state index in [9.17, 15) is 0 Å². The minimum Gasteiger partial charge on any atom is -0.0561 e. The molecule has 0 spiro atoms. The molecule has 3 heterocycles. The van der Waals surface area contributed by atoms with E-state index in [1.807, 2.05) is 24.4 Å². The Morgan fingerprint density at radius 3 is 1.87 bits per heavy atom. The van der Waals surface area contributed by atoms with Crippen LogP contribution in [0.15, 0.2) is 146 Å². The van der Waals surface area contributed by atoms with E-state index >= 15 is 0 Å². The number of ether oxygens (including phenoxy) is 1. The fraction of sp³-hybridized carbons (Fsp3) is 0.222. The average Bonchev–Trinajstić information content (AvgIpc) is 3.54. The Bertz CT molecular complexity index is 2850. The maximum absolute atomic E-state index is 6.67. The summed E-state index contributed by atoms with van der Waals surface area (Å²) in [5.41, 5.74) is 13.7. The third kappa shape index (κ3) is 7.50. The van der Waals surface area contributed by atoms with Crippen molar-refractivity contribution in [3.05, 3.63) is 178 Å². The molecule has 304 valence electrons. The molecule has 9 rings (SSSR count). The van der Waals surface area contributed by atoms with Crippen LogP contribution in [-0.2, 0) is 36.6 Å². The zero-order valence-electron chi connectivity index (χ0n) is 35.4. The molecule has 0 aliphatic carbocycles. The van der Waals surface area contributed by atoms with Gasteiger partial charge in [0.1, 0.15) is 0 Å². The van der Waals surface area contributed by atoms with E-state index in [2.05, 4.69) is 215 Å². The van der Waals surface area contributed by atoms with Gasteiger partial charge < -0.3 is 0 Å². The molecule has 0 amide bonds. The van der Waals surface area contributed by atoms with Gasteiger partial charge in [-0.1, -0.05) is 20.8 Å². The van der Waals surface area contributed by atoms with E-state index in [1.54, 1.807) is 0 Å². The van der Waals surface area contributed by atoms with Crippen molar-refractivity contribution >= 4 is 22.5 Å². The summed E-state index contributed by atoms with van der Waals surface area (Å²) in [6, 6.07) is 57.3. The summed E-state index contributed by atoms with van der Waals surface area (Å²) in [5.74, 6) is 2.21. The first-order valence-corrected chi connectivity index (χ1v) is 22.0. The average molecular weight is 966 g/mol. The summed E-state index contributed by atoms with van der Waals surface area (Å²) in [6.07, 6.45) is 3.96. The first-order chi connectivity index (χ1) is 28.8. The molecule has 8 aromatic rings. The van der Waals surface area contributed by atoms with Gasteiger partial charge >= 0.3 is 323 Å². The summed E-state index contributed by atoms with van der Waals surface area (Å²) < 4.78 is 12.4. The van der Waals surface area contributed by atoms with Crippen LogP contribution in [0.1, 0.15) is 71.6 Å². The summed E-state index contributed by atoms with van der Waals surface area (Å²) >= 11 is 2.50. The van der Waals surface area contributed by atoms with Crippen molar-refractivity contribution in [2.45, 2.75) is 78.2 Å². The van der Waals surface area contributed by atoms with Gasteiger partial charge in [-0.05, 0) is 17.0 Å². The second-order valence-corrected chi connectivity index (χ2v) is 18.9. The molecule has 6 aromatic carbocycles. The number of anilines is 2. The number of imidazole rings is 1. The molecule has 6 heteroatoms. The summed E-state index contributed by atoms with van der Waals surface area (Å²) in [6.45, 7) is 15.9. The van der Waals surface area contributed by atoms with Gasteiger partial charge in [0.2, 0.25) is 0 Å². The number of aromatic nitrogens is 3. The molecule has 5 nitrogen and oxygen atoms in total. The first-order valence-electron chi connectivity index (χ1n) is 20.8. The normalized spacial score (nSPS) is 14.3. The molecule has 0 bridgehead atoms. The number of rotatable bonds is 7. The van der Waals surface area contributed by atoms with E-state index in [4.69, 9.17) is 9.72 Å². The third-order valence-electron chi connectivity index (χ3n) is 11.6. The summed E-state index contributed by atoms with van der Waals surface area (Å²) in [5, 5.41) is 0. The molecule has 0 N–H and O–H groups in total. The van der Waals surface area contributed by atoms with Crippen LogP contribution in [0, 0.1) is 15.9 Å². The number of para-hydroxylation sites is 2. The smallest absolute Gasteiger partial charge is 0.0561 e. The minimum atomic E-state index is -0.0623. The Morgan fingerprint density at radius 2 is 1.23 bits per heavy atom. The van der Waals surface area contributed by atoms with Crippen molar-refractivity contribution in [2.24, 2.45) is 0 Å². The van der Waals surface area contributed by atoms with E-state index in [0.717, 1.165) is 50.6 Å². The van der Waals surface area contributed by atoms with Gasteiger partial charge in [0, 0.05) is 6.20 Å². The van der Waals surface area contributed by atoms with Crippen molar-refractivity contribution in [3.63, 3.8) is 0 Å². The van der Waals surface area contributed by atoms with Crippen LogP contribution in [0.3, 0.4) is 0 Å². The van der Waals surface area contributed by atoms with E-state index < -0.39 is 0 Å². The van der Waals surface area contributed by atoms with E-state index in [1.165, 1.54) is 38.9 Å². The fourth-order valence-electron chi connectivity index (χ4n) is 8.32. The van der Waals surface area contributed by atoms with Gasteiger partial charge in [-0.25, -0.2) is 0 Å². The molecule has 2 aromatic heterocycles. The van der Waals surface area contributed by atoms with Crippen molar-refractivity contribution < 1.29 is 24.1 Å². The van der Waals surface area contributed by atoms with Crippen LogP contribution in [0.4, 0.5) is 11.5 Å². The van der Waals surface area contributed by atoms with Crippen LogP contribution >= 0.6 is 0 Å². The number of hydrogen-bond acceptors (Lipinski definition) is 3. The van der Waals surface area contributed by atoms with E-state index in [-0.39, 0.29) is 16.9 Å². The number of nitrogens with zero attached hydrogens (tertiary/aromatic N) is 4. The molecule has 1 aliphatic rings. The fourth-order valence-corrected chi connectivity index (χ4v) is 9.40. The van der Waals surface area contributed by atoms with Crippen LogP contribution in [0.25, 0.3) is 44.7 Å². The molecule has 0 saturated heterocycles.